The van der Waals surface area contributed by atoms with Crippen LogP contribution >= 0.6 is 0 Å². The SMILES string of the molecule is CC(c1ccc(O)cc1)c1ccc(C#N)nc1. The van der Waals surface area contributed by atoms with Gasteiger partial charge < -0.3 is 5.11 Å². The van der Waals surface area contributed by atoms with Crippen molar-refractivity contribution in [2.75, 3.05) is 0 Å². The first-order valence-corrected chi connectivity index (χ1v) is 5.35. The maximum absolute atomic E-state index is 9.23. The summed E-state index contributed by atoms with van der Waals surface area (Å²) in [6.07, 6.45) is 1.72. The largest absolute Gasteiger partial charge is 0.508 e. The quantitative estimate of drug-likeness (QED) is 0.853. The minimum absolute atomic E-state index is 0.191. The Morgan fingerprint density at radius 2 is 1.76 bits per heavy atom. The van der Waals surface area contributed by atoms with Gasteiger partial charge in [-0.3, -0.25) is 0 Å². The van der Waals surface area contributed by atoms with E-state index in [9.17, 15) is 5.11 Å². The van der Waals surface area contributed by atoms with Gasteiger partial charge in [0.05, 0.1) is 0 Å². The summed E-state index contributed by atoms with van der Waals surface area (Å²) in [6.45, 7) is 2.06. The molecular weight excluding hydrogens is 212 g/mol. The van der Waals surface area contributed by atoms with Crippen molar-refractivity contribution in [3.63, 3.8) is 0 Å². The third-order valence-corrected chi connectivity index (χ3v) is 2.79. The van der Waals surface area contributed by atoms with E-state index in [1.807, 2.05) is 24.3 Å². The minimum Gasteiger partial charge on any atom is -0.508 e. The summed E-state index contributed by atoms with van der Waals surface area (Å²) in [4.78, 5) is 4.05. The molecule has 2 rings (SSSR count). The number of aromatic hydroxyl groups is 1. The molecule has 0 spiro atoms. The Labute approximate surface area is 100.0 Å². The summed E-state index contributed by atoms with van der Waals surface area (Å²) in [6, 6.07) is 12.7. The number of pyridine rings is 1. The molecule has 0 amide bonds. The van der Waals surface area contributed by atoms with Gasteiger partial charge in [0, 0.05) is 12.1 Å². The fraction of sp³-hybridized carbons (Fsp3) is 0.143. The summed E-state index contributed by atoms with van der Waals surface area (Å²) in [5.41, 5.74) is 2.58. The molecular formula is C14H12N2O. The number of nitriles is 1. The van der Waals surface area contributed by atoms with Crippen LogP contribution in [0.3, 0.4) is 0 Å². The molecule has 1 aromatic carbocycles. The number of phenols is 1. The monoisotopic (exact) mass is 224 g/mol. The molecule has 0 fully saturated rings. The lowest BCUT2D eigenvalue weighted by molar-refractivity contribution is 0.475. The van der Waals surface area contributed by atoms with Crippen LogP contribution in [0.4, 0.5) is 0 Å². The fourth-order valence-electron chi connectivity index (χ4n) is 1.68. The third-order valence-electron chi connectivity index (χ3n) is 2.79. The number of benzene rings is 1. The highest BCUT2D eigenvalue weighted by atomic mass is 16.3. The molecule has 1 N–H and O–H groups in total. The Kier molecular flexibility index (Phi) is 3.06. The predicted octanol–water partition coefficient (Wildman–Crippen LogP) is 2.81. The summed E-state index contributed by atoms with van der Waals surface area (Å²) in [5.74, 6) is 0.453. The maximum Gasteiger partial charge on any atom is 0.140 e. The normalized spacial score (nSPS) is 11.8. The predicted molar refractivity (Wildman–Crippen MR) is 64.6 cm³/mol. The minimum atomic E-state index is 0.191. The smallest absolute Gasteiger partial charge is 0.140 e. The molecule has 3 nitrogen and oxygen atoms in total. The third kappa shape index (κ3) is 2.43. The number of phenolic OH excluding ortho intramolecular Hbond substituents is 1. The topological polar surface area (TPSA) is 56.9 Å². The van der Waals surface area contributed by atoms with Gasteiger partial charge in [-0.1, -0.05) is 25.1 Å². The number of rotatable bonds is 2. The average Bonchev–Trinajstić information content (AvgIpc) is 2.39. The summed E-state index contributed by atoms with van der Waals surface area (Å²) >= 11 is 0. The molecule has 17 heavy (non-hydrogen) atoms. The standard InChI is InChI=1S/C14H12N2O/c1-10(11-3-6-14(17)7-4-11)12-2-5-13(8-15)16-9-12/h2-7,9-10,17H,1H3. The van der Waals surface area contributed by atoms with Gasteiger partial charge in [0.25, 0.3) is 0 Å². The van der Waals surface area contributed by atoms with Crippen LogP contribution in [0, 0.1) is 11.3 Å². The van der Waals surface area contributed by atoms with E-state index in [0.717, 1.165) is 11.1 Å². The lowest BCUT2D eigenvalue weighted by atomic mass is 9.94. The zero-order chi connectivity index (χ0) is 12.3. The van der Waals surface area contributed by atoms with Crippen LogP contribution in [0.2, 0.25) is 0 Å². The van der Waals surface area contributed by atoms with Crippen molar-refractivity contribution in [1.29, 1.82) is 5.26 Å². The number of nitrogens with zero attached hydrogens (tertiary/aromatic N) is 2. The van der Waals surface area contributed by atoms with Gasteiger partial charge in [-0.15, -0.1) is 0 Å². The highest BCUT2D eigenvalue weighted by Crippen LogP contribution is 2.24. The van der Waals surface area contributed by atoms with Gasteiger partial charge in [0.2, 0.25) is 0 Å². The number of hydrogen-bond donors (Lipinski definition) is 1. The van der Waals surface area contributed by atoms with Crippen molar-refractivity contribution in [3.8, 4) is 11.8 Å². The molecule has 0 aliphatic heterocycles. The van der Waals surface area contributed by atoms with Crippen molar-refractivity contribution in [1.82, 2.24) is 4.98 Å². The molecule has 3 heteroatoms. The molecule has 2 aromatic rings. The highest BCUT2D eigenvalue weighted by molar-refractivity contribution is 5.35. The lowest BCUT2D eigenvalue weighted by Gasteiger charge is -2.11. The van der Waals surface area contributed by atoms with E-state index in [2.05, 4.69) is 11.9 Å². The first kappa shape index (κ1) is 11.2. The van der Waals surface area contributed by atoms with E-state index in [1.165, 1.54) is 0 Å². The molecule has 84 valence electrons. The highest BCUT2D eigenvalue weighted by Gasteiger charge is 2.08. The van der Waals surface area contributed by atoms with Crippen LogP contribution in [0.15, 0.2) is 42.6 Å². The summed E-state index contributed by atoms with van der Waals surface area (Å²) in [5, 5.41) is 17.9. The van der Waals surface area contributed by atoms with E-state index in [0.29, 0.717) is 5.69 Å². The van der Waals surface area contributed by atoms with Crippen LogP contribution in [0.1, 0.15) is 29.7 Å². The Hall–Kier alpha value is -2.34. The van der Waals surface area contributed by atoms with Gasteiger partial charge in [0.15, 0.2) is 0 Å². The second-order valence-corrected chi connectivity index (χ2v) is 3.90. The van der Waals surface area contributed by atoms with Crippen LogP contribution < -0.4 is 0 Å². The molecule has 0 bridgehead atoms. The molecule has 1 unspecified atom stereocenters. The second-order valence-electron chi connectivity index (χ2n) is 3.90. The van der Waals surface area contributed by atoms with Crippen molar-refractivity contribution in [3.05, 3.63) is 59.4 Å². The van der Waals surface area contributed by atoms with Crippen LogP contribution in [-0.4, -0.2) is 10.1 Å². The van der Waals surface area contributed by atoms with Gasteiger partial charge in [-0.2, -0.15) is 5.26 Å². The Morgan fingerprint density at radius 3 is 2.29 bits per heavy atom. The zero-order valence-electron chi connectivity index (χ0n) is 9.46. The number of aromatic nitrogens is 1. The average molecular weight is 224 g/mol. The van der Waals surface area contributed by atoms with Crippen LogP contribution in [-0.2, 0) is 0 Å². The first-order valence-electron chi connectivity index (χ1n) is 5.35. The molecule has 1 aromatic heterocycles. The Balaban J connectivity index is 2.27. The second kappa shape index (κ2) is 4.67. The van der Waals surface area contributed by atoms with Crippen molar-refractivity contribution in [2.24, 2.45) is 0 Å². The Bertz CT molecular complexity index is 538. The van der Waals surface area contributed by atoms with E-state index in [-0.39, 0.29) is 11.7 Å². The van der Waals surface area contributed by atoms with Gasteiger partial charge >= 0.3 is 0 Å². The molecule has 0 saturated carbocycles. The molecule has 0 aliphatic carbocycles. The molecule has 1 atom stereocenters. The first-order chi connectivity index (χ1) is 8.20. The van der Waals surface area contributed by atoms with Crippen LogP contribution in [0.25, 0.3) is 0 Å². The van der Waals surface area contributed by atoms with Crippen molar-refractivity contribution >= 4 is 0 Å². The lowest BCUT2D eigenvalue weighted by Crippen LogP contribution is -1.97. The number of hydrogen-bond acceptors (Lipinski definition) is 3. The summed E-state index contributed by atoms with van der Waals surface area (Å²) < 4.78 is 0. The van der Waals surface area contributed by atoms with Crippen LogP contribution in [0.5, 0.6) is 5.75 Å². The van der Waals surface area contributed by atoms with E-state index in [4.69, 9.17) is 5.26 Å². The maximum atomic E-state index is 9.23. The van der Waals surface area contributed by atoms with E-state index < -0.39 is 0 Å². The molecule has 0 saturated heterocycles. The van der Waals surface area contributed by atoms with E-state index in [1.54, 1.807) is 24.4 Å². The van der Waals surface area contributed by atoms with Gasteiger partial charge in [0.1, 0.15) is 17.5 Å². The molecule has 0 radical (unpaired) electrons. The van der Waals surface area contributed by atoms with Gasteiger partial charge in [-0.25, -0.2) is 4.98 Å². The zero-order valence-corrected chi connectivity index (χ0v) is 9.46. The van der Waals surface area contributed by atoms with Crippen molar-refractivity contribution < 1.29 is 5.11 Å². The van der Waals surface area contributed by atoms with Crippen molar-refractivity contribution in [2.45, 2.75) is 12.8 Å². The molecule has 0 aliphatic rings. The fourth-order valence-corrected chi connectivity index (χ4v) is 1.68. The summed E-state index contributed by atoms with van der Waals surface area (Å²) in [7, 11) is 0. The molecule has 1 heterocycles. The van der Waals surface area contributed by atoms with Gasteiger partial charge in [-0.05, 0) is 29.3 Å². The Morgan fingerprint density at radius 1 is 1.12 bits per heavy atom. The van der Waals surface area contributed by atoms with E-state index >= 15 is 0 Å².